The van der Waals surface area contributed by atoms with Gasteiger partial charge in [0.2, 0.25) is 0 Å². The monoisotopic (exact) mass is 272 g/mol. The molecule has 0 saturated heterocycles. The van der Waals surface area contributed by atoms with Gasteiger partial charge in [-0.3, -0.25) is 4.79 Å². The molecular formula is C16H17FN2O. The van der Waals surface area contributed by atoms with Crippen LogP contribution < -0.4 is 11.1 Å². The Morgan fingerprint density at radius 2 is 2.00 bits per heavy atom. The van der Waals surface area contributed by atoms with Gasteiger partial charge in [0.05, 0.1) is 0 Å². The fraction of sp³-hybridized carbons (Fsp3) is 0.188. The fourth-order valence-corrected chi connectivity index (χ4v) is 1.97. The summed E-state index contributed by atoms with van der Waals surface area (Å²) in [4.78, 5) is 12.2. The number of nitrogens with one attached hydrogen (secondary N) is 1. The van der Waals surface area contributed by atoms with E-state index in [9.17, 15) is 9.18 Å². The summed E-state index contributed by atoms with van der Waals surface area (Å²) < 4.78 is 13.4. The van der Waals surface area contributed by atoms with Gasteiger partial charge >= 0.3 is 0 Å². The molecule has 0 fully saturated rings. The van der Waals surface area contributed by atoms with Crippen molar-refractivity contribution in [2.24, 2.45) is 5.73 Å². The average molecular weight is 272 g/mol. The van der Waals surface area contributed by atoms with E-state index in [2.05, 4.69) is 5.32 Å². The van der Waals surface area contributed by atoms with Crippen LogP contribution in [-0.4, -0.2) is 12.5 Å². The van der Waals surface area contributed by atoms with Gasteiger partial charge in [0.1, 0.15) is 5.82 Å². The Morgan fingerprint density at radius 3 is 2.75 bits per heavy atom. The van der Waals surface area contributed by atoms with Gasteiger partial charge in [0.25, 0.3) is 5.91 Å². The molecule has 4 heteroatoms. The summed E-state index contributed by atoms with van der Waals surface area (Å²) in [5, 5.41) is 2.73. The van der Waals surface area contributed by atoms with Gasteiger partial charge in [-0.05, 0) is 49.7 Å². The second-order valence-electron chi connectivity index (χ2n) is 4.61. The normalized spacial score (nSPS) is 10.3. The van der Waals surface area contributed by atoms with E-state index >= 15 is 0 Å². The molecule has 2 rings (SSSR count). The first-order chi connectivity index (χ1) is 9.61. The number of carbonyl (C=O) groups excluding carboxylic acids is 1. The van der Waals surface area contributed by atoms with E-state index in [0.29, 0.717) is 23.4 Å². The number of nitrogens with two attached hydrogens (primary N) is 1. The molecule has 0 radical (unpaired) electrons. The van der Waals surface area contributed by atoms with Gasteiger partial charge in [-0.1, -0.05) is 18.2 Å². The number of hydrogen-bond acceptors (Lipinski definition) is 2. The Kier molecular flexibility index (Phi) is 4.48. The third-order valence-electron chi connectivity index (χ3n) is 3.14. The number of anilines is 1. The quantitative estimate of drug-likeness (QED) is 0.899. The standard InChI is InChI=1S/C16H17FN2O/c1-11-14(17)6-3-7-15(11)19-16(20)13-5-2-4-12(10-13)8-9-18/h2-7,10H,8-9,18H2,1H3,(H,19,20). The highest BCUT2D eigenvalue weighted by Gasteiger charge is 2.10. The molecule has 0 saturated carbocycles. The Labute approximate surface area is 117 Å². The van der Waals surface area contributed by atoms with Gasteiger partial charge in [0, 0.05) is 16.8 Å². The van der Waals surface area contributed by atoms with Gasteiger partial charge in [-0.2, -0.15) is 0 Å². The summed E-state index contributed by atoms with van der Waals surface area (Å²) >= 11 is 0. The Hall–Kier alpha value is -2.20. The zero-order chi connectivity index (χ0) is 14.5. The van der Waals surface area contributed by atoms with Crippen LogP contribution in [0.1, 0.15) is 21.5 Å². The topological polar surface area (TPSA) is 55.1 Å². The van der Waals surface area contributed by atoms with Crippen LogP contribution in [0.5, 0.6) is 0 Å². The third-order valence-corrected chi connectivity index (χ3v) is 3.14. The number of halogens is 1. The van der Waals surface area contributed by atoms with E-state index in [0.717, 1.165) is 12.0 Å². The van der Waals surface area contributed by atoms with Crippen LogP contribution in [0.4, 0.5) is 10.1 Å². The first-order valence-corrected chi connectivity index (χ1v) is 6.47. The van der Waals surface area contributed by atoms with E-state index < -0.39 is 0 Å². The summed E-state index contributed by atoms with van der Waals surface area (Å²) in [6.07, 6.45) is 0.722. The largest absolute Gasteiger partial charge is 0.330 e. The molecule has 20 heavy (non-hydrogen) atoms. The van der Waals surface area contributed by atoms with Crippen molar-refractivity contribution in [3.63, 3.8) is 0 Å². The van der Waals surface area contributed by atoms with Crippen molar-refractivity contribution in [1.82, 2.24) is 0 Å². The maximum absolute atomic E-state index is 13.4. The molecule has 0 aromatic heterocycles. The Morgan fingerprint density at radius 1 is 1.25 bits per heavy atom. The van der Waals surface area contributed by atoms with Crippen LogP contribution in [0, 0.1) is 12.7 Å². The van der Waals surface area contributed by atoms with Crippen LogP contribution in [0.3, 0.4) is 0 Å². The minimum Gasteiger partial charge on any atom is -0.330 e. The predicted molar refractivity (Wildman–Crippen MR) is 78.3 cm³/mol. The summed E-state index contributed by atoms with van der Waals surface area (Å²) in [7, 11) is 0. The molecule has 0 heterocycles. The summed E-state index contributed by atoms with van der Waals surface area (Å²) in [6, 6.07) is 11.9. The number of carbonyl (C=O) groups is 1. The van der Waals surface area contributed by atoms with Gasteiger partial charge in [-0.25, -0.2) is 4.39 Å². The molecule has 0 unspecified atom stereocenters. The summed E-state index contributed by atoms with van der Waals surface area (Å²) in [6.45, 7) is 2.17. The molecule has 0 aliphatic carbocycles. The summed E-state index contributed by atoms with van der Waals surface area (Å²) in [5.41, 5.74) is 7.97. The van der Waals surface area contributed by atoms with Crippen molar-refractivity contribution < 1.29 is 9.18 Å². The molecule has 3 nitrogen and oxygen atoms in total. The molecule has 104 valence electrons. The maximum atomic E-state index is 13.4. The first-order valence-electron chi connectivity index (χ1n) is 6.47. The number of amides is 1. The predicted octanol–water partition coefficient (Wildman–Crippen LogP) is 2.89. The highest BCUT2D eigenvalue weighted by atomic mass is 19.1. The van der Waals surface area contributed by atoms with E-state index in [-0.39, 0.29) is 11.7 Å². The van der Waals surface area contributed by atoms with Crippen molar-refractivity contribution in [2.45, 2.75) is 13.3 Å². The minimum absolute atomic E-state index is 0.252. The van der Waals surface area contributed by atoms with Crippen LogP contribution in [-0.2, 0) is 6.42 Å². The number of rotatable bonds is 4. The van der Waals surface area contributed by atoms with Crippen LogP contribution in [0.15, 0.2) is 42.5 Å². The SMILES string of the molecule is Cc1c(F)cccc1NC(=O)c1cccc(CCN)c1. The second kappa shape index (κ2) is 6.30. The lowest BCUT2D eigenvalue weighted by atomic mass is 10.1. The van der Waals surface area contributed by atoms with E-state index in [1.54, 1.807) is 31.2 Å². The molecule has 0 atom stereocenters. The smallest absolute Gasteiger partial charge is 0.255 e. The highest BCUT2D eigenvalue weighted by molar-refractivity contribution is 6.04. The zero-order valence-electron chi connectivity index (χ0n) is 11.3. The lowest BCUT2D eigenvalue weighted by molar-refractivity contribution is 0.102. The van der Waals surface area contributed by atoms with Crippen LogP contribution in [0.2, 0.25) is 0 Å². The fourth-order valence-electron chi connectivity index (χ4n) is 1.97. The molecular weight excluding hydrogens is 255 g/mol. The molecule has 0 aliphatic heterocycles. The second-order valence-corrected chi connectivity index (χ2v) is 4.61. The molecule has 1 amide bonds. The van der Waals surface area contributed by atoms with E-state index in [4.69, 9.17) is 5.73 Å². The van der Waals surface area contributed by atoms with E-state index in [1.165, 1.54) is 6.07 Å². The lowest BCUT2D eigenvalue weighted by Gasteiger charge is -2.09. The minimum atomic E-state index is -0.334. The number of hydrogen-bond donors (Lipinski definition) is 2. The molecule has 0 aliphatic rings. The van der Waals surface area contributed by atoms with Crippen molar-refractivity contribution >= 4 is 11.6 Å². The van der Waals surface area contributed by atoms with Crippen LogP contribution >= 0.6 is 0 Å². The highest BCUT2D eigenvalue weighted by Crippen LogP contribution is 2.18. The van der Waals surface area contributed by atoms with Crippen molar-refractivity contribution in [1.29, 1.82) is 0 Å². The van der Waals surface area contributed by atoms with Crippen molar-refractivity contribution in [3.8, 4) is 0 Å². The summed E-state index contributed by atoms with van der Waals surface area (Å²) in [5.74, 6) is -0.586. The molecule has 2 aromatic carbocycles. The van der Waals surface area contributed by atoms with Crippen molar-refractivity contribution in [2.75, 3.05) is 11.9 Å². The van der Waals surface area contributed by atoms with Crippen molar-refractivity contribution in [3.05, 3.63) is 65.0 Å². The molecule has 2 aromatic rings. The molecule has 0 bridgehead atoms. The number of benzene rings is 2. The Bertz CT molecular complexity index is 626. The van der Waals surface area contributed by atoms with E-state index in [1.807, 2.05) is 12.1 Å². The third kappa shape index (κ3) is 3.22. The van der Waals surface area contributed by atoms with Gasteiger partial charge in [0.15, 0.2) is 0 Å². The van der Waals surface area contributed by atoms with Crippen LogP contribution in [0.25, 0.3) is 0 Å². The zero-order valence-corrected chi connectivity index (χ0v) is 11.3. The Balaban J connectivity index is 2.19. The first kappa shape index (κ1) is 14.2. The van der Waals surface area contributed by atoms with Gasteiger partial charge in [-0.15, -0.1) is 0 Å². The van der Waals surface area contributed by atoms with Gasteiger partial charge < -0.3 is 11.1 Å². The molecule has 3 N–H and O–H groups in total. The maximum Gasteiger partial charge on any atom is 0.255 e. The average Bonchev–Trinajstić information content (AvgIpc) is 2.44. The molecule has 0 spiro atoms. The lowest BCUT2D eigenvalue weighted by Crippen LogP contribution is -2.13.